The Bertz CT molecular complexity index is 820. The van der Waals surface area contributed by atoms with E-state index in [4.69, 9.17) is 9.47 Å². The summed E-state index contributed by atoms with van der Waals surface area (Å²) in [5.74, 6) is 0.343. The van der Waals surface area contributed by atoms with E-state index >= 15 is 0 Å². The van der Waals surface area contributed by atoms with Gasteiger partial charge in [-0.15, -0.1) is 0 Å². The number of rotatable bonds is 6. The van der Waals surface area contributed by atoms with Gasteiger partial charge in [-0.05, 0) is 35.9 Å². The van der Waals surface area contributed by atoms with Crippen LogP contribution in [0, 0.1) is 0 Å². The minimum Gasteiger partial charge on any atom is -0.497 e. The number of nitrogens with one attached hydrogen (secondary N) is 1. The molecule has 124 valence electrons. The van der Waals surface area contributed by atoms with Crippen LogP contribution in [0.2, 0.25) is 0 Å². The number of carbonyl (C=O) groups excluding carboxylic acids is 1. The third kappa shape index (κ3) is 3.62. The van der Waals surface area contributed by atoms with Crippen molar-refractivity contribution in [1.29, 1.82) is 0 Å². The number of aromatic nitrogens is 4. The van der Waals surface area contributed by atoms with Gasteiger partial charge in [0, 0.05) is 25.2 Å². The molecule has 2 aromatic heterocycles. The summed E-state index contributed by atoms with van der Waals surface area (Å²) in [6.07, 6.45) is 4.27. The van der Waals surface area contributed by atoms with Gasteiger partial charge in [-0.1, -0.05) is 0 Å². The molecule has 0 atom stereocenters. The summed E-state index contributed by atoms with van der Waals surface area (Å²) in [4.78, 5) is 12.1. The summed E-state index contributed by atoms with van der Waals surface area (Å²) in [7, 11) is 3.46. The summed E-state index contributed by atoms with van der Waals surface area (Å²) in [5.41, 5.74) is 2.92. The summed E-state index contributed by atoms with van der Waals surface area (Å²) in [6, 6.07) is 9.12. The number of aryl methyl sites for hydroxylation is 1. The van der Waals surface area contributed by atoms with Crippen LogP contribution in [-0.4, -0.2) is 39.7 Å². The van der Waals surface area contributed by atoms with Crippen molar-refractivity contribution in [2.24, 2.45) is 7.05 Å². The molecule has 7 heteroatoms. The standard InChI is InChI=1S/C17H18N4O3/c1-21-11-12(10-18-21)7-8-24-17(22)16-9-15(19-20-16)13-3-5-14(23-2)6-4-13/h3-6,9-11H,7-8H2,1-2H3,(H,19,20). The Kier molecular flexibility index (Phi) is 4.60. The molecule has 3 aromatic rings. The summed E-state index contributed by atoms with van der Waals surface area (Å²) in [5, 5.41) is 10.9. The van der Waals surface area contributed by atoms with E-state index in [-0.39, 0.29) is 0 Å². The van der Waals surface area contributed by atoms with Crippen molar-refractivity contribution >= 4 is 5.97 Å². The van der Waals surface area contributed by atoms with E-state index in [2.05, 4.69) is 15.3 Å². The van der Waals surface area contributed by atoms with Crippen molar-refractivity contribution < 1.29 is 14.3 Å². The van der Waals surface area contributed by atoms with Gasteiger partial charge in [0.2, 0.25) is 0 Å². The first-order chi connectivity index (χ1) is 11.7. The molecule has 1 aromatic carbocycles. The Balaban J connectivity index is 1.58. The Hall–Kier alpha value is -3.09. The van der Waals surface area contributed by atoms with Crippen LogP contribution in [0.3, 0.4) is 0 Å². The van der Waals surface area contributed by atoms with E-state index in [1.165, 1.54) is 0 Å². The fourth-order valence-electron chi connectivity index (χ4n) is 2.28. The molecule has 0 saturated carbocycles. The van der Waals surface area contributed by atoms with E-state index < -0.39 is 5.97 Å². The third-order valence-corrected chi connectivity index (χ3v) is 3.57. The zero-order valence-corrected chi connectivity index (χ0v) is 13.5. The first kappa shape index (κ1) is 15.8. The topological polar surface area (TPSA) is 82.0 Å². The second kappa shape index (κ2) is 6.99. The van der Waals surface area contributed by atoms with Gasteiger partial charge < -0.3 is 9.47 Å². The second-order valence-electron chi connectivity index (χ2n) is 5.30. The molecule has 3 rings (SSSR count). The van der Waals surface area contributed by atoms with Gasteiger partial charge in [-0.25, -0.2) is 4.79 Å². The van der Waals surface area contributed by atoms with Crippen LogP contribution in [0.1, 0.15) is 16.1 Å². The zero-order valence-electron chi connectivity index (χ0n) is 13.5. The number of esters is 1. The van der Waals surface area contributed by atoms with Gasteiger partial charge in [-0.3, -0.25) is 9.78 Å². The molecule has 0 spiro atoms. The Labute approximate surface area is 139 Å². The molecule has 0 amide bonds. The average molecular weight is 326 g/mol. The first-order valence-electron chi connectivity index (χ1n) is 7.50. The van der Waals surface area contributed by atoms with E-state index in [0.29, 0.717) is 24.4 Å². The van der Waals surface area contributed by atoms with E-state index in [9.17, 15) is 4.79 Å². The van der Waals surface area contributed by atoms with Gasteiger partial charge in [0.25, 0.3) is 0 Å². The number of methoxy groups -OCH3 is 1. The van der Waals surface area contributed by atoms with Gasteiger partial charge in [0.15, 0.2) is 0 Å². The molecule has 7 nitrogen and oxygen atoms in total. The molecule has 0 saturated heterocycles. The lowest BCUT2D eigenvalue weighted by atomic mass is 10.1. The molecule has 24 heavy (non-hydrogen) atoms. The SMILES string of the molecule is COc1ccc(-c2cc(C(=O)OCCc3cnn(C)c3)[nH]n2)cc1. The minimum atomic E-state index is -0.425. The third-order valence-electron chi connectivity index (χ3n) is 3.57. The lowest BCUT2D eigenvalue weighted by Crippen LogP contribution is -2.08. The number of ether oxygens (including phenoxy) is 2. The monoisotopic (exact) mass is 326 g/mol. The minimum absolute atomic E-state index is 0.293. The predicted octanol–water partition coefficient (Wildman–Crippen LogP) is 2.22. The molecule has 0 bridgehead atoms. The number of hydrogen-bond acceptors (Lipinski definition) is 5. The number of aromatic amines is 1. The Morgan fingerprint density at radius 1 is 1.29 bits per heavy atom. The van der Waals surface area contributed by atoms with Crippen LogP contribution >= 0.6 is 0 Å². The van der Waals surface area contributed by atoms with E-state index in [0.717, 1.165) is 16.9 Å². The van der Waals surface area contributed by atoms with Gasteiger partial charge in [0.1, 0.15) is 11.4 Å². The summed E-state index contributed by atoms with van der Waals surface area (Å²) < 4.78 is 12.1. The normalized spacial score (nSPS) is 10.6. The molecule has 0 unspecified atom stereocenters. The molecule has 0 aliphatic heterocycles. The highest BCUT2D eigenvalue weighted by atomic mass is 16.5. The van der Waals surface area contributed by atoms with Crippen LogP contribution in [0.25, 0.3) is 11.3 Å². The smallest absolute Gasteiger partial charge is 0.356 e. The van der Waals surface area contributed by atoms with Crippen molar-refractivity contribution in [1.82, 2.24) is 20.0 Å². The molecule has 0 fully saturated rings. The maximum absolute atomic E-state index is 12.1. The highest BCUT2D eigenvalue weighted by molar-refractivity contribution is 5.88. The Morgan fingerprint density at radius 3 is 2.75 bits per heavy atom. The lowest BCUT2D eigenvalue weighted by molar-refractivity contribution is 0.0502. The van der Waals surface area contributed by atoms with Gasteiger partial charge >= 0.3 is 5.97 Å². The van der Waals surface area contributed by atoms with Crippen LogP contribution in [0.15, 0.2) is 42.7 Å². The fourth-order valence-corrected chi connectivity index (χ4v) is 2.28. The van der Waals surface area contributed by atoms with Gasteiger partial charge in [-0.2, -0.15) is 10.2 Å². The number of carbonyl (C=O) groups is 1. The molecule has 0 aliphatic rings. The number of benzene rings is 1. The Morgan fingerprint density at radius 2 is 2.08 bits per heavy atom. The largest absolute Gasteiger partial charge is 0.497 e. The lowest BCUT2D eigenvalue weighted by Gasteiger charge is -2.01. The first-order valence-corrected chi connectivity index (χ1v) is 7.50. The van der Waals surface area contributed by atoms with Crippen LogP contribution < -0.4 is 4.74 Å². The van der Waals surface area contributed by atoms with Gasteiger partial charge in [0.05, 0.1) is 25.6 Å². The molecular weight excluding hydrogens is 308 g/mol. The predicted molar refractivity (Wildman–Crippen MR) is 87.8 cm³/mol. The number of hydrogen-bond donors (Lipinski definition) is 1. The number of nitrogens with zero attached hydrogens (tertiary/aromatic N) is 3. The van der Waals surface area contributed by atoms with Crippen LogP contribution in [-0.2, 0) is 18.2 Å². The van der Waals surface area contributed by atoms with Crippen molar-refractivity contribution in [2.75, 3.05) is 13.7 Å². The highest BCUT2D eigenvalue weighted by Crippen LogP contribution is 2.21. The van der Waals surface area contributed by atoms with Crippen molar-refractivity contribution in [2.45, 2.75) is 6.42 Å². The maximum Gasteiger partial charge on any atom is 0.356 e. The summed E-state index contributed by atoms with van der Waals surface area (Å²) >= 11 is 0. The highest BCUT2D eigenvalue weighted by Gasteiger charge is 2.12. The van der Waals surface area contributed by atoms with Crippen molar-refractivity contribution in [3.05, 3.63) is 54.0 Å². The average Bonchev–Trinajstić information content (AvgIpc) is 3.24. The quantitative estimate of drug-likeness (QED) is 0.702. The molecular formula is C17H18N4O3. The van der Waals surface area contributed by atoms with E-state index in [1.807, 2.05) is 37.5 Å². The molecule has 0 aliphatic carbocycles. The van der Waals surface area contributed by atoms with Crippen molar-refractivity contribution in [3.8, 4) is 17.0 Å². The summed E-state index contributed by atoms with van der Waals surface area (Å²) in [6.45, 7) is 0.293. The number of H-pyrrole nitrogens is 1. The second-order valence-corrected chi connectivity index (χ2v) is 5.30. The fraction of sp³-hybridized carbons (Fsp3) is 0.235. The molecule has 2 heterocycles. The van der Waals surface area contributed by atoms with Crippen LogP contribution in [0.4, 0.5) is 0 Å². The molecule has 0 radical (unpaired) electrons. The van der Waals surface area contributed by atoms with E-state index in [1.54, 1.807) is 24.1 Å². The maximum atomic E-state index is 12.1. The van der Waals surface area contributed by atoms with Crippen LogP contribution in [0.5, 0.6) is 5.75 Å². The zero-order chi connectivity index (χ0) is 16.9. The van der Waals surface area contributed by atoms with Crippen molar-refractivity contribution in [3.63, 3.8) is 0 Å². The molecule has 1 N–H and O–H groups in total.